The van der Waals surface area contributed by atoms with Crippen molar-refractivity contribution in [1.29, 1.82) is 0 Å². The Morgan fingerprint density at radius 2 is 2.05 bits per heavy atom. The van der Waals surface area contributed by atoms with E-state index in [4.69, 9.17) is 0 Å². The first kappa shape index (κ1) is 16.6. The first-order valence-corrected chi connectivity index (χ1v) is 7.77. The van der Waals surface area contributed by atoms with Crippen LogP contribution in [0.2, 0.25) is 0 Å². The molecule has 1 atom stereocenters. The van der Waals surface area contributed by atoms with E-state index in [1.165, 1.54) is 18.2 Å². The SMILES string of the molecule is CC(C)(C)CC(Br)CNC(=O)c1cc(F)ccc1Br. The zero-order valence-electron chi connectivity index (χ0n) is 11.3. The summed E-state index contributed by atoms with van der Waals surface area (Å²) in [6, 6.07) is 4.07. The second-order valence-corrected chi connectivity index (χ2v) is 7.85. The molecule has 0 aliphatic rings. The minimum atomic E-state index is -0.418. The van der Waals surface area contributed by atoms with E-state index in [0.29, 0.717) is 16.6 Å². The highest BCUT2D eigenvalue weighted by molar-refractivity contribution is 9.10. The Morgan fingerprint density at radius 3 is 2.63 bits per heavy atom. The third kappa shape index (κ3) is 6.04. The zero-order chi connectivity index (χ0) is 14.6. The van der Waals surface area contributed by atoms with Gasteiger partial charge in [-0.2, -0.15) is 0 Å². The molecule has 0 radical (unpaired) electrons. The lowest BCUT2D eigenvalue weighted by Gasteiger charge is -2.22. The van der Waals surface area contributed by atoms with Crippen molar-refractivity contribution in [3.8, 4) is 0 Å². The van der Waals surface area contributed by atoms with E-state index in [2.05, 4.69) is 57.9 Å². The van der Waals surface area contributed by atoms with Crippen LogP contribution in [0, 0.1) is 11.2 Å². The molecule has 0 saturated carbocycles. The van der Waals surface area contributed by atoms with Crippen LogP contribution in [0.1, 0.15) is 37.6 Å². The quantitative estimate of drug-likeness (QED) is 0.747. The number of rotatable bonds is 4. The average Bonchev–Trinajstić information content (AvgIpc) is 2.27. The molecule has 1 unspecified atom stereocenters. The van der Waals surface area contributed by atoms with E-state index in [9.17, 15) is 9.18 Å². The van der Waals surface area contributed by atoms with Crippen LogP contribution in [0.3, 0.4) is 0 Å². The van der Waals surface area contributed by atoms with Crippen LogP contribution in [-0.2, 0) is 0 Å². The van der Waals surface area contributed by atoms with Crippen LogP contribution >= 0.6 is 31.9 Å². The summed E-state index contributed by atoms with van der Waals surface area (Å²) < 4.78 is 13.7. The second-order valence-electron chi connectivity index (χ2n) is 5.70. The van der Waals surface area contributed by atoms with Crippen molar-refractivity contribution < 1.29 is 9.18 Å². The van der Waals surface area contributed by atoms with Gasteiger partial charge in [0.2, 0.25) is 0 Å². The Balaban J connectivity index is 2.58. The minimum Gasteiger partial charge on any atom is -0.351 e. The van der Waals surface area contributed by atoms with Gasteiger partial charge < -0.3 is 5.32 Å². The molecule has 1 N–H and O–H groups in total. The Hall–Kier alpha value is -0.420. The highest BCUT2D eigenvalue weighted by Crippen LogP contribution is 2.24. The summed E-state index contributed by atoms with van der Waals surface area (Å²) in [5, 5.41) is 2.81. The summed E-state index contributed by atoms with van der Waals surface area (Å²) in [4.78, 5) is 12.2. The van der Waals surface area contributed by atoms with Gasteiger partial charge in [0.05, 0.1) is 5.56 Å². The summed E-state index contributed by atoms with van der Waals surface area (Å²) in [6.45, 7) is 6.95. The van der Waals surface area contributed by atoms with Gasteiger partial charge in [-0.25, -0.2) is 4.39 Å². The third-order valence-electron chi connectivity index (χ3n) is 2.49. The monoisotopic (exact) mass is 393 g/mol. The summed E-state index contributed by atoms with van der Waals surface area (Å²) in [5.74, 6) is -0.692. The lowest BCUT2D eigenvalue weighted by atomic mass is 9.90. The largest absolute Gasteiger partial charge is 0.351 e. The predicted octanol–water partition coefficient (Wildman–Crippen LogP) is 4.52. The summed E-state index contributed by atoms with van der Waals surface area (Å²) in [5.41, 5.74) is 0.508. The number of carbonyl (C=O) groups excluding carboxylic acids is 1. The minimum absolute atomic E-state index is 0.193. The van der Waals surface area contributed by atoms with Crippen molar-refractivity contribution in [3.05, 3.63) is 34.1 Å². The van der Waals surface area contributed by atoms with Crippen LogP contribution in [-0.4, -0.2) is 17.3 Å². The number of carbonyl (C=O) groups is 1. The fourth-order valence-electron chi connectivity index (χ4n) is 1.71. The van der Waals surface area contributed by atoms with E-state index in [1.54, 1.807) is 0 Å². The maximum absolute atomic E-state index is 13.1. The lowest BCUT2D eigenvalue weighted by molar-refractivity contribution is 0.0951. The van der Waals surface area contributed by atoms with Gasteiger partial charge in [-0.3, -0.25) is 4.79 Å². The molecule has 2 nitrogen and oxygen atoms in total. The number of benzene rings is 1. The Kier molecular flexibility index (Phi) is 5.99. The molecule has 0 spiro atoms. The van der Waals surface area contributed by atoms with Crippen molar-refractivity contribution >= 4 is 37.8 Å². The van der Waals surface area contributed by atoms with Crippen LogP contribution in [0.15, 0.2) is 22.7 Å². The number of alkyl halides is 1. The van der Waals surface area contributed by atoms with Crippen LogP contribution in [0.25, 0.3) is 0 Å². The molecule has 5 heteroatoms. The number of amides is 1. The first-order valence-electron chi connectivity index (χ1n) is 6.06. The Bertz CT molecular complexity index is 457. The predicted molar refractivity (Wildman–Crippen MR) is 83.2 cm³/mol. The fraction of sp³-hybridized carbons (Fsp3) is 0.500. The molecule has 0 fully saturated rings. The van der Waals surface area contributed by atoms with Gasteiger partial charge in [0.25, 0.3) is 5.91 Å². The molecule has 0 heterocycles. The van der Waals surface area contributed by atoms with Gasteiger partial charge in [-0.15, -0.1) is 0 Å². The maximum atomic E-state index is 13.1. The highest BCUT2D eigenvalue weighted by atomic mass is 79.9. The van der Waals surface area contributed by atoms with Crippen molar-refractivity contribution in [1.82, 2.24) is 5.32 Å². The van der Waals surface area contributed by atoms with E-state index >= 15 is 0 Å². The molecule has 0 bridgehead atoms. The van der Waals surface area contributed by atoms with Gasteiger partial charge in [0.15, 0.2) is 0 Å². The summed E-state index contributed by atoms with van der Waals surface area (Å²) in [7, 11) is 0. The van der Waals surface area contributed by atoms with Gasteiger partial charge >= 0.3 is 0 Å². The van der Waals surface area contributed by atoms with Crippen molar-refractivity contribution in [3.63, 3.8) is 0 Å². The fourth-order valence-corrected chi connectivity index (χ4v) is 3.27. The van der Waals surface area contributed by atoms with Gasteiger partial charge in [-0.05, 0) is 46.0 Å². The molecular formula is C14H18Br2FNO. The van der Waals surface area contributed by atoms with Crippen LogP contribution in [0.4, 0.5) is 4.39 Å². The number of hydrogen-bond donors (Lipinski definition) is 1. The lowest BCUT2D eigenvalue weighted by Crippen LogP contribution is -2.31. The van der Waals surface area contributed by atoms with Gasteiger partial charge in [0, 0.05) is 15.8 Å². The van der Waals surface area contributed by atoms with E-state index in [-0.39, 0.29) is 16.1 Å². The normalized spacial score (nSPS) is 13.2. The molecule has 1 aromatic carbocycles. The molecule has 106 valence electrons. The molecule has 1 amide bonds. The topological polar surface area (TPSA) is 29.1 Å². The van der Waals surface area contributed by atoms with Crippen molar-refractivity contribution in [2.45, 2.75) is 32.0 Å². The van der Waals surface area contributed by atoms with Crippen LogP contribution in [0.5, 0.6) is 0 Å². The molecular weight excluding hydrogens is 377 g/mol. The molecule has 0 aliphatic heterocycles. The summed E-state index contributed by atoms with van der Waals surface area (Å²) in [6.07, 6.45) is 0.942. The maximum Gasteiger partial charge on any atom is 0.252 e. The first-order chi connectivity index (χ1) is 8.69. The molecule has 0 saturated heterocycles. The van der Waals surface area contributed by atoms with Crippen LogP contribution < -0.4 is 5.32 Å². The zero-order valence-corrected chi connectivity index (χ0v) is 14.4. The highest BCUT2D eigenvalue weighted by Gasteiger charge is 2.18. The number of hydrogen-bond acceptors (Lipinski definition) is 1. The van der Waals surface area contributed by atoms with Gasteiger partial charge in [-0.1, -0.05) is 36.7 Å². The Morgan fingerprint density at radius 1 is 1.42 bits per heavy atom. The van der Waals surface area contributed by atoms with E-state index < -0.39 is 5.82 Å². The molecule has 1 rings (SSSR count). The average molecular weight is 395 g/mol. The molecule has 0 aliphatic carbocycles. The third-order valence-corrected chi connectivity index (χ3v) is 3.83. The number of nitrogens with one attached hydrogen (secondary N) is 1. The number of halogens is 3. The van der Waals surface area contributed by atoms with E-state index in [0.717, 1.165) is 6.42 Å². The Labute approximate surface area is 130 Å². The molecule has 0 aromatic heterocycles. The van der Waals surface area contributed by atoms with Crippen molar-refractivity contribution in [2.24, 2.45) is 5.41 Å². The van der Waals surface area contributed by atoms with Crippen molar-refractivity contribution in [2.75, 3.05) is 6.54 Å². The summed E-state index contributed by atoms with van der Waals surface area (Å²) >= 11 is 6.79. The standard InChI is InChI=1S/C14H18Br2FNO/c1-14(2,3)7-9(15)8-18-13(19)11-6-10(17)4-5-12(11)16/h4-6,9H,7-8H2,1-3H3,(H,18,19). The molecule has 19 heavy (non-hydrogen) atoms. The van der Waals surface area contributed by atoms with Gasteiger partial charge in [0.1, 0.15) is 5.82 Å². The second kappa shape index (κ2) is 6.84. The molecule has 1 aromatic rings. The van der Waals surface area contributed by atoms with E-state index in [1.807, 2.05) is 0 Å². The smallest absolute Gasteiger partial charge is 0.252 e.